The number of hydrogen-bond acceptors (Lipinski definition) is 4. The summed E-state index contributed by atoms with van der Waals surface area (Å²) in [5, 5.41) is 0. The van der Waals surface area contributed by atoms with Crippen LogP contribution in [0.15, 0.2) is 33.5 Å². The van der Waals surface area contributed by atoms with Gasteiger partial charge in [-0.1, -0.05) is 13.8 Å². The van der Waals surface area contributed by atoms with Crippen molar-refractivity contribution in [1.29, 1.82) is 0 Å². The van der Waals surface area contributed by atoms with E-state index in [0.717, 1.165) is 28.6 Å². The molecule has 0 saturated heterocycles. The lowest BCUT2D eigenvalue weighted by molar-refractivity contribution is 0.502. The van der Waals surface area contributed by atoms with Crippen LogP contribution in [0.3, 0.4) is 0 Å². The molecule has 0 spiro atoms. The molecule has 0 radical (unpaired) electrons. The van der Waals surface area contributed by atoms with E-state index in [1.165, 1.54) is 0 Å². The van der Waals surface area contributed by atoms with Gasteiger partial charge in [-0.15, -0.1) is 0 Å². The molecule has 0 fully saturated rings. The van der Waals surface area contributed by atoms with E-state index in [-0.39, 0.29) is 0 Å². The molecule has 0 aliphatic heterocycles. The molecule has 5 heteroatoms. The van der Waals surface area contributed by atoms with E-state index in [1.54, 1.807) is 6.26 Å². The minimum atomic E-state index is 0.304. The zero-order valence-electron chi connectivity index (χ0n) is 11.4. The Morgan fingerprint density at radius 1 is 1.37 bits per heavy atom. The summed E-state index contributed by atoms with van der Waals surface area (Å²) in [6.07, 6.45) is 1.69. The molecule has 102 valence electrons. The highest BCUT2D eigenvalue weighted by Gasteiger charge is 2.13. The summed E-state index contributed by atoms with van der Waals surface area (Å²) < 4.78 is 6.22. The highest BCUT2D eigenvalue weighted by molar-refractivity contribution is 9.10. The Labute approximate surface area is 122 Å². The summed E-state index contributed by atoms with van der Waals surface area (Å²) in [6, 6.07) is 5.82. The largest absolute Gasteiger partial charge is 0.467 e. The van der Waals surface area contributed by atoms with Crippen LogP contribution in [0.4, 0.5) is 5.82 Å². The zero-order chi connectivity index (χ0) is 13.8. The second-order valence-electron chi connectivity index (χ2n) is 4.66. The second-order valence-corrected chi connectivity index (χ2v) is 5.47. The van der Waals surface area contributed by atoms with Crippen LogP contribution in [-0.2, 0) is 6.54 Å². The summed E-state index contributed by atoms with van der Waals surface area (Å²) in [5.41, 5.74) is 0. The van der Waals surface area contributed by atoms with Crippen LogP contribution in [0.5, 0.6) is 0 Å². The first-order valence-electron chi connectivity index (χ1n) is 6.42. The van der Waals surface area contributed by atoms with Crippen molar-refractivity contribution in [2.45, 2.75) is 33.2 Å². The summed E-state index contributed by atoms with van der Waals surface area (Å²) in [6.45, 7) is 7.86. The zero-order valence-corrected chi connectivity index (χ0v) is 13.0. The van der Waals surface area contributed by atoms with Gasteiger partial charge in [-0.2, -0.15) is 0 Å². The molecule has 2 heterocycles. The van der Waals surface area contributed by atoms with Gasteiger partial charge in [-0.05, 0) is 35.0 Å². The van der Waals surface area contributed by atoms with Crippen molar-refractivity contribution in [3.8, 4) is 0 Å². The van der Waals surface area contributed by atoms with Crippen molar-refractivity contribution >= 4 is 21.7 Å². The maximum atomic E-state index is 5.40. The Kier molecular flexibility index (Phi) is 4.58. The van der Waals surface area contributed by atoms with E-state index < -0.39 is 0 Å². The number of anilines is 1. The van der Waals surface area contributed by atoms with Crippen LogP contribution in [-0.4, -0.2) is 16.5 Å². The molecule has 2 rings (SSSR count). The SMILES string of the molecule is CCN(Cc1ccco1)c1cc(Br)nc(C(C)C)n1. The molecule has 2 aromatic rings. The van der Waals surface area contributed by atoms with Crippen LogP contribution < -0.4 is 4.90 Å². The second kappa shape index (κ2) is 6.19. The van der Waals surface area contributed by atoms with Crippen molar-refractivity contribution in [2.24, 2.45) is 0 Å². The Hall–Kier alpha value is -1.36. The molecule has 2 aromatic heterocycles. The Bertz CT molecular complexity index is 525. The van der Waals surface area contributed by atoms with Crippen molar-refractivity contribution in [3.63, 3.8) is 0 Å². The van der Waals surface area contributed by atoms with Crippen LogP contribution in [0, 0.1) is 0 Å². The quantitative estimate of drug-likeness (QED) is 0.780. The van der Waals surface area contributed by atoms with Gasteiger partial charge in [0, 0.05) is 18.5 Å². The number of hydrogen-bond donors (Lipinski definition) is 0. The molecule has 19 heavy (non-hydrogen) atoms. The van der Waals surface area contributed by atoms with Crippen LogP contribution in [0.25, 0.3) is 0 Å². The van der Waals surface area contributed by atoms with E-state index in [2.05, 4.69) is 51.6 Å². The lowest BCUT2D eigenvalue weighted by atomic mass is 10.2. The van der Waals surface area contributed by atoms with Crippen molar-refractivity contribution in [1.82, 2.24) is 9.97 Å². The van der Waals surface area contributed by atoms with E-state index in [9.17, 15) is 0 Å². The predicted octanol–water partition coefficient (Wildman–Crippen LogP) is 3.98. The molecular formula is C14H18BrN3O. The van der Waals surface area contributed by atoms with E-state index in [1.807, 2.05) is 18.2 Å². The standard InChI is InChI=1S/C14H18BrN3O/c1-4-18(9-11-6-5-7-19-11)13-8-12(15)16-14(17-13)10(2)3/h5-8,10H,4,9H2,1-3H3. The Morgan fingerprint density at radius 2 is 2.16 bits per heavy atom. The average molecular weight is 324 g/mol. The minimum Gasteiger partial charge on any atom is -0.467 e. The summed E-state index contributed by atoms with van der Waals surface area (Å²) in [4.78, 5) is 11.2. The monoisotopic (exact) mass is 323 g/mol. The lowest BCUT2D eigenvalue weighted by Gasteiger charge is -2.21. The molecule has 0 atom stereocenters. The fraction of sp³-hybridized carbons (Fsp3) is 0.429. The topological polar surface area (TPSA) is 42.2 Å². The maximum absolute atomic E-state index is 5.40. The van der Waals surface area contributed by atoms with Gasteiger partial charge >= 0.3 is 0 Å². The van der Waals surface area contributed by atoms with Gasteiger partial charge in [-0.25, -0.2) is 9.97 Å². The van der Waals surface area contributed by atoms with Gasteiger partial charge in [0.15, 0.2) is 0 Å². The normalized spacial score (nSPS) is 11.0. The highest BCUT2D eigenvalue weighted by Crippen LogP contribution is 2.21. The van der Waals surface area contributed by atoms with E-state index in [4.69, 9.17) is 4.42 Å². The van der Waals surface area contributed by atoms with Gasteiger partial charge in [0.2, 0.25) is 0 Å². The van der Waals surface area contributed by atoms with E-state index in [0.29, 0.717) is 12.5 Å². The van der Waals surface area contributed by atoms with Gasteiger partial charge in [-0.3, -0.25) is 0 Å². The number of halogens is 1. The lowest BCUT2D eigenvalue weighted by Crippen LogP contribution is -2.23. The van der Waals surface area contributed by atoms with Crippen LogP contribution in [0.2, 0.25) is 0 Å². The molecular weight excluding hydrogens is 306 g/mol. The summed E-state index contributed by atoms with van der Waals surface area (Å²) >= 11 is 3.46. The highest BCUT2D eigenvalue weighted by atomic mass is 79.9. The van der Waals surface area contributed by atoms with Crippen LogP contribution >= 0.6 is 15.9 Å². The number of furan rings is 1. The first-order chi connectivity index (χ1) is 9.10. The van der Waals surface area contributed by atoms with Gasteiger partial charge in [0.1, 0.15) is 22.0 Å². The molecule has 0 N–H and O–H groups in total. The molecule has 0 unspecified atom stereocenters. The predicted molar refractivity (Wildman–Crippen MR) is 79.3 cm³/mol. The molecule has 0 aliphatic carbocycles. The van der Waals surface area contributed by atoms with Gasteiger partial charge in [0.05, 0.1) is 12.8 Å². The van der Waals surface area contributed by atoms with Crippen molar-refractivity contribution in [2.75, 3.05) is 11.4 Å². The first-order valence-corrected chi connectivity index (χ1v) is 7.21. The molecule has 0 aliphatic rings. The average Bonchev–Trinajstić information content (AvgIpc) is 2.88. The molecule has 4 nitrogen and oxygen atoms in total. The van der Waals surface area contributed by atoms with Crippen LogP contribution in [0.1, 0.15) is 38.3 Å². The molecule has 0 bridgehead atoms. The molecule has 0 aromatic carbocycles. The fourth-order valence-electron chi connectivity index (χ4n) is 1.79. The van der Waals surface area contributed by atoms with E-state index >= 15 is 0 Å². The third-order valence-electron chi connectivity index (χ3n) is 2.85. The third-order valence-corrected chi connectivity index (χ3v) is 3.25. The Morgan fingerprint density at radius 3 is 2.74 bits per heavy atom. The van der Waals surface area contributed by atoms with Crippen molar-refractivity contribution < 1.29 is 4.42 Å². The summed E-state index contributed by atoms with van der Waals surface area (Å²) in [7, 11) is 0. The summed E-state index contributed by atoms with van der Waals surface area (Å²) in [5.74, 6) is 3.01. The van der Waals surface area contributed by atoms with Gasteiger partial charge in [0.25, 0.3) is 0 Å². The molecule has 0 saturated carbocycles. The Balaban J connectivity index is 2.27. The number of nitrogens with zero attached hydrogens (tertiary/aromatic N) is 3. The maximum Gasteiger partial charge on any atom is 0.134 e. The number of rotatable bonds is 5. The smallest absolute Gasteiger partial charge is 0.134 e. The first kappa shape index (κ1) is 14.1. The minimum absolute atomic E-state index is 0.304. The van der Waals surface area contributed by atoms with Crippen molar-refractivity contribution in [3.05, 3.63) is 40.7 Å². The van der Waals surface area contributed by atoms with Gasteiger partial charge < -0.3 is 9.32 Å². The molecule has 0 amide bonds. The number of aromatic nitrogens is 2. The third kappa shape index (κ3) is 3.56. The fourth-order valence-corrected chi connectivity index (χ4v) is 2.17.